The fourth-order valence-corrected chi connectivity index (χ4v) is 9.93. The zero-order valence-electron chi connectivity index (χ0n) is 18.7. The van der Waals surface area contributed by atoms with Crippen molar-refractivity contribution in [2.45, 2.75) is 64.1 Å². The molecule has 12 heteroatoms. The molecule has 4 rings (SSSR count). The predicted molar refractivity (Wildman–Crippen MR) is 121 cm³/mol. The van der Waals surface area contributed by atoms with Gasteiger partial charge in [-0.1, -0.05) is 0 Å². The van der Waals surface area contributed by atoms with Crippen LogP contribution in [0.5, 0.6) is 0 Å². The summed E-state index contributed by atoms with van der Waals surface area (Å²) in [5.74, 6) is -0.909. The first-order chi connectivity index (χ1) is 15.6. The molecule has 0 amide bonds. The number of nitrogens with zero attached hydrogens (tertiary/aromatic N) is 1. The standard InChI is InChI=1S/C21H27N2O8PSe/c1-13(2)31-32(26,33-14-8-6-5-7-9-14)27-12-15-17-18(30-21(3,4)29-17)19(28-15)23-11-10-16(24)22-20(23)25/h5-11,13,15,17-19H,12H2,1-4H3,(H,22,24,25)/t15-,17-,18-,19-,32?/m1/s1. The molecule has 2 aliphatic rings. The Morgan fingerprint density at radius 1 is 1.15 bits per heavy atom. The number of hydrogen-bond acceptors (Lipinski definition) is 8. The first kappa shape index (κ1) is 24.6. The van der Waals surface area contributed by atoms with Gasteiger partial charge < -0.3 is 0 Å². The molecule has 0 saturated carbocycles. The van der Waals surface area contributed by atoms with Gasteiger partial charge in [0.05, 0.1) is 0 Å². The van der Waals surface area contributed by atoms with Crippen LogP contribution < -0.4 is 15.7 Å². The van der Waals surface area contributed by atoms with E-state index < -0.39 is 62.4 Å². The molecule has 1 unspecified atom stereocenters. The van der Waals surface area contributed by atoms with E-state index in [0.29, 0.717) is 0 Å². The van der Waals surface area contributed by atoms with Crippen LogP contribution in [-0.2, 0) is 27.8 Å². The number of fused-ring (bicyclic) bond motifs is 1. The summed E-state index contributed by atoms with van der Waals surface area (Å²) in [5.41, 5.74) is -1.13. The van der Waals surface area contributed by atoms with Gasteiger partial charge >= 0.3 is 197 Å². The van der Waals surface area contributed by atoms with Gasteiger partial charge in [-0.05, 0) is 0 Å². The number of H-pyrrole nitrogens is 1. The first-order valence-electron chi connectivity index (χ1n) is 10.6. The van der Waals surface area contributed by atoms with Crippen LogP contribution in [0.2, 0.25) is 0 Å². The Bertz CT molecular complexity index is 1130. The van der Waals surface area contributed by atoms with Crippen LogP contribution in [0.25, 0.3) is 0 Å². The Morgan fingerprint density at radius 2 is 1.85 bits per heavy atom. The van der Waals surface area contributed by atoms with Crippen molar-refractivity contribution in [1.82, 2.24) is 9.55 Å². The van der Waals surface area contributed by atoms with Crippen LogP contribution in [0.4, 0.5) is 0 Å². The molecule has 2 fully saturated rings. The molecular formula is C21H27N2O8PSe. The molecule has 2 aromatic rings. The molecule has 5 atom stereocenters. The van der Waals surface area contributed by atoms with Gasteiger partial charge in [0.15, 0.2) is 0 Å². The van der Waals surface area contributed by atoms with E-state index in [0.717, 1.165) is 4.46 Å². The van der Waals surface area contributed by atoms with E-state index in [1.807, 2.05) is 30.3 Å². The summed E-state index contributed by atoms with van der Waals surface area (Å²) in [4.78, 5) is 26.1. The summed E-state index contributed by atoms with van der Waals surface area (Å²) < 4.78 is 45.4. The van der Waals surface area contributed by atoms with Gasteiger partial charge in [0.2, 0.25) is 0 Å². The quantitative estimate of drug-likeness (QED) is 0.392. The average molecular weight is 545 g/mol. The summed E-state index contributed by atoms with van der Waals surface area (Å²) in [5, 5.41) is 0. The molecule has 10 nitrogen and oxygen atoms in total. The van der Waals surface area contributed by atoms with Crippen molar-refractivity contribution in [3.63, 3.8) is 0 Å². The van der Waals surface area contributed by atoms with Crippen molar-refractivity contribution < 1.29 is 27.8 Å². The summed E-state index contributed by atoms with van der Waals surface area (Å²) in [6, 6.07) is 10.6. The van der Waals surface area contributed by atoms with Crippen LogP contribution >= 0.6 is 6.29 Å². The Morgan fingerprint density at radius 3 is 2.52 bits per heavy atom. The molecule has 0 aliphatic carbocycles. The molecule has 33 heavy (non-hydrogen) atoms. The molecule has 2 aliphatic heterocycles. The van der Waals surface area contributed by atoms with E-state index in [-0.39, 0.29) is 12.7 Å². The Kier molecular flexibility index (Phi) is 7.15. The fraction of sp³-hybridized carbons (Fsp3) is 0.524. The number of aromatic nitrogens is 2. The van der Waals surface area contributed by atoms with Gasteiger partial charge in [-0.25, -0.2) is 0 Å². The van der Waals surface area contributed by atoms with Gasteiger partial charge in [0, 0.05) is 0 Å². The molecule has 3 heterocycles. The first-order valence-corrected chi connectivity index (χ1v) is 15.2. The SMILES string of the molecule is CC(C)OP(=O)(OC[C@H]1O[C@@H](n2ccc(=O)[nH]c2=O)[C@@H]2OC(C)(C)O[C@@H]21)[Se]c1ccccc1. The number of nitrogens with one attached hydrogen (secondary N) is 1. The van der Waals surface area contributed by atoms with Gasteiger partial charge in [-0.15, -0.1) is 0 Å². The summed E-state index contributed by atoms with van der Waals surface area (Å²) >= 11 is -0.571. The van der Waals surface area contributed by atoms with E-state index >= 15 is 0 Å². The molecule has 1 N–H and O–H groups in total. The number of rotatable bonds is 8. The Labute approximate surface area is 196 Å². The van der Waals surface area contributed by atoms with Crippen LogP contribution in [0.1, 0.15) is 33.9 Å². The zero-order valence-corrected chi connectivity index (χ0v) is 21.3. The second-order valence-corrected chi connectivity index (χ2v) is 14.9. The van der Waals surface area contributed by atoms with Crippen molar-refractivity contribution in [3.8, 4) is 0 Å². The maximum absolute atomic E-state index is 13.6. The number of benzene rings is 1. The maximum atomic E-state index is 13.6. The van der Waals surface area contributed by atoms with Crippen LogP contribution in [0.15, 0.2) is 52.2 Å². The monoisotopic (exact) mass is 546 g/mol. The van der Waals surface area contributed by atoms with Crippen LogP contribution in [0, 0.1) is 0 Å². The summed E-state index contributed by atoms with van der Waals surface area (Å²) in [7, 11) is 0. The van der Waals surface area contributed by atoms with E-state index in [9.17, 15) is 14.2 Å². The normalized spacial score (nSPS) is 28.0. The Balaban J connectivity index is 1.55. The third-order valence-corrected chi connectivity index (χ3v) is 11.0. The Hall–Kier alpha value is -1.55. The second-order valence-electron chi connectivity index (χ2n) is 8.45. The van der Waals surface area contributed by atoms with Crippen LogP contribution in [0.3, 0.4) is 0 Å². The number of ether oxygens (including phenoxy) is 3. The predicted octanol–water partition coefficient (Wildman–Crippen LogP) is 1.53. The van der Waals surface area contributed by atoms with E-state index in [2.05, 4.69) is 4.98 Å². The van der Waals surface area contributed by atoms with E-state index in [4.69, 9.17) is 23.3 Å². The van der Waals surface area contributed by atoms with Crippen LogP contribution in [-0.4, -0.2) is 60.9 Å². The van der Waals surface area contributed by atoms with Gasteiger partial charge in [0.25, 0.3) is 0 Å². The molecular weight excluding hydrogens is 518 g/mol. The second kappa shape index (κ2) is 9.60. The topological polar surface area (TPSA) is 118 Å². The van der Waals surface area contributed by atoms with E-state index in [1.165, 1.54) is 16.8 Å². The molecule has 1 aromatic carbocycles. The van der Waals surface area contributed by atoms with Crippen molar-refractivity contribution in [2.75, 3.05) is 6.61 Å². The minimum atomic E-state index is -3.46. The minimum absolute atomic E-state index is 0.0756. The molecule has 2 saturated heterocycles. The molecule has 0 spiro atoms. The number of aromatic amines is 1. The molecule has 0 bridgehead atoms. The van der Waals surface area contributed by atoms with E-state index in [1.54, 1.807) is 27.7 Å². The van der Waals surface area contributed by atoms with Gasteiger partial charge in [-0.3, -0.25) is 0 Å². The van der Waals surface area contributed by atoms with Crippen molar-refractivity contribution in [1.29, 1.82) is 0 Å². The number of hydrogen-bond donors (Lipinski definition) is 1. The summed E-state index contributed by atoms with van der Waals surface area (Å²) in [6.45, 7) is 7.05. The fourth-order valence-electron chi connectivity index (χ4n) is 3.76. The molecule has 1 aromatic heterocycles. The average Bonchev–Trinajstić information content (AvgIpc) is 3.20. The van der Waals surface area contributed by atoms with Crippen molar-refractivity contribution >= 4 is 25.3 Å². The van der Waals surface area contributed by atoms with Crippen molar-refractivity contribution in [2.24, 2.45) is 0 Å². The third-order valence-electron chi connectivity index (χ3n) is 4.95. The van der Waals surface area contributed by atoms with Crippen molar-refractivity contribution in [3.05, 3.63) is 63.4 Å². The molecule has 180 valence electrons. The van der Waals surface area contributed by atoms with Gasteiger partial charge in [-0.2, -0.15) is 0 Å². The zero-order chi connectivity index (χ0) is 23.8. The third kappa shape index (κ3) is 5.75. The summed E-state index contributed by atoms with van der Waals surface area (Å²) in [6.07, 6.45) is -5.11. The van der Waals surface area contributed by atoms with Gasteiger partial charge in [0.1, 0.15) is 0 Å². The molecule has 0 radical (unpaired) electrons.